The van der Waals surface area contributed by atoms with Gasteiger partial charge in [-0.2, -0.15) is 0 Å². The third kappa shape index (κ3) is 7.03. The largest absolute Gasteiger partial charge is 0.491 e. The highest BCUT2D eigenvalue weighted by atomic mass is 16.5. The maximum atomic E-state index is 13.0. The minimum Gasteiger partial charge on any atom is -0.491 e. The van der Waals surface area contributed by atoms with Gasteiger partial charge in [0.15, 0.2) is 0 Å². The van der Waals surface area contributed by atoms with E-state index >= 15 is 0 Å². The summed E-state index contributed by atoms with van der Waals surface area (Å²) >= 11 is 0. The second-order valence-electron chi connectivity index (χ2n) is 9.45. The monoisotopic (exact) mass is 508 g/mol. The molecule has 2 bridgehead atoms. The number of aromatic nitrogens is 2. The van der Waals surface area contributed by atoms with Crippen molar-refractivity contribution in [1.82, 2.24) is 14.9 Å². The Morgan fingerprint density at radius 1 is 0.947 bits per heavy atom. The van der Waals surface area contributed by atoms with Gasteiger partial charge in [0.05, 0.1) is 30.8 Å². The van der Waals surface area contributed by atoms with Crippen LogP contribution < -0.4 is 10.1 Å². The van der Waals surface area contributed by atoms with Gasteiger partial charge in [-0.3, -0.25) is 19.7 Å². The molecule has 1 aliphatic rings. The summed E-state index contributed by atoms with van der Waals surface area (Å²) < 4.78 is 12.0. The van der Waals surface area contributed by atoms with Gasteiger partial charge in [0.2, 0.25) is 0 Å². The first-order valence-electron chi connectivity index (χ1n) is 12.9. The second kappa shape index (κ2) is 12.4. The maximum Gasteiger partial charge on any atom is 0.255 e. The predicted molar refractivity (Wildman–Crippen MR) is 147 cm³/mol. The summed E-state index contributed by atoms with van der Waals surface area (Å²) in [5, 5.41) is 2.93. The Morgan fingerprint density at radius 2 is 1.87 bits per heavy atom. The van der Waals surface area contributed by atoms with Gasteiger partial charge in [-0.15, -0.1) is 0 Å². The van der Waals surface area contributed by atoms with Crippen LogP contribution in [0, 0.1) is 6.92 Å². The van der Waals surface area contributed by atoms with Crippen LogP contribution in [-0.4, -0.2) is 47.1 Å². The van der Waals surface area contributed by atoms with Gasteiger partial charge in [0.25, 0.3) is 5.91 Å². The number of amides is 1. The average molecular weight is 509 g/mol. The standard InChI is InChI=1S/C31H32N4O3/c1-23-8-10-28(20-33-23)34-31(36)26-9-11-30-27(19-26)18-24-5-4-6-25(17-24)21-35(13-14-37-15-16-38-30)22-29-7-2-3-12-32-29/h2-12,17,19-20H,13-16,18,21-22H2,1H3,(H,34,36). The molecule has 3 heterocycles. The number of carbonyl (C=O) groups is 1. The number of hydrogen-bond acceptors (Lipinski definition) is 6. The topological polar surface area (TPSA) is 76.6 Å². The summed E-state index contributed by atoms with van der Waals surface area (Å²) in [7, 11) is 0. The molecule has 194 valence electrons. The SMILES string of the molecule is Cc1ccc(NC(=O)c2ccc3c(c2)Cc2cccc(c2)CN(Cc2ccccn2)CCOCCO3)cn1. The summed E-state index contributed by atoms with van der Waals surface area (Å²) in [4.78, 5) is 24.1. The fraction of sp³-hybridized carbons (Fsp3) is 0.258. The first kappa shape index (κ1) is 25.6. The molecule has 2 aromatic carbocycles. The Morgan fingerprint density at radius 3 is 2.71 bits per heavy atom. The molecule has 0 fully saturated rings. The predicted octanol–water partition coefficient (Wildman–Crippen LogP) is 5.04. The van der Waals surface area contributed by atoms with E-state index in [9.17, 15) is 4.79 Å². The Bertz CT molecular complexity index is 1360. The molecule has 0 spiro atoms. The number of ether oxygens (including phenoxy) is 2. The molecule has 1 amide bonds. The molecule has 5 rings (SSSR count). The summed E-state index contributed by atoms with van der Waals surface area (Å²) in [6.45, 7) is 5.80. The number of anilines is 1. The van der Waals surface area contributed by atoms with E-state index in [1.54, 1.807) is 12.3 Å². The highest BCUT2D eigenvalue weighted by molar-refractivity contribution is 6.04. The molecule has 1 N–H and O–H groups in total. The van der Waals surface area contributed by atoms with E-state index in [1.807, 2.05) is 49.5 Å². The quantitative estimate of drug-likeness (QED) is 0.416. The molecular formula is C31H32N4O3. The van der Waals surface area contributed by atoms with Crippen LogP contribution in [0.25, 0.3) is 0 Å². The molecule has 0 atom stereocenters. The van der Waals surface area contributed by atoms with Gasteiger partial charge in [-0.05, 0) is 66.1 Å². The molecule has 7 nitrogen and oxygen atoms in total. The van der Waals surface area contributed by atoms with Crippen LogP contribution in [0.4, 0.5) is 5.69 Å². The number of aryl methyl sites for hydroxylation is 1. The van der Waals surface area contributed by atoms with Gasteiger partial charge >= 0.3 is 0 Å². The van der Waals surface area contributed by atoms with Crippen LogP contribution >= 0.6 is 0 Å². The van der Waals surface area contributed by atoms with Gasteiger partial charge < -0.3 is 14.8 Å². The number of fused-ring (bicyclic) bond motifs is 3. The summed E-state index contributed by atoms with van der Waals surface area (Å²) in [6, 6.07) is 23.9. The van der Waals surface area contributed by atoms with E-state index in [0.29, 0.717) is 37.5 Å². The van der Waals surface area contributed by atoms with Crippen molar-refractivity contribution in [2.45, 2.75) is 26.4 Å². The van der Waals surface area contributed by atoms with E-state index in [1.165, 1.54) is 11.1 Å². The lowest BCUT2D eigenvalue weighted by Gasteiger charge is -2.23. The van der Waals surface area contributed by atoms with Crippen molar-refractivity contribution < 1.29 is 14.3 Å². The molecule has 2 aromatic heterocycles. The van der Waals surface area contributed by atoms with Crippen molar-refractivity contribution >= 4 is 11.6 Å². The second-order valence-corrected chi connectivity index (χ2v) is 9.45. The number of pyridine rings is 2. The third-order valence-corrected chi connectivity index (χ3v) is 6.43. The minimum absolute atomic E-state index is 0.180. The molecule has 0 saturated heterocycles. The van der Waals surface area contributed by atoms with Crippen molar-refractivity contribution in [2.24, 2.45) is 0 Å². The zero-order valence-electron chi connectivity index (χ0n) is 21.6. The number of nitrogens with one attached hydrogen (secondary N) is 1. The van der Waals surface area contributed by atoms with Crippen molar-refractivity contribution in [2.75, 3.05) is 31.7 Å². The fourth-order valence-corrected chi connectivity index (χ4v) is 4.50. The first-order valence-corrected chi connectivity index (χ1v) is 12.9. The molecule has 4 aromatic rings. The molecular weight excluding hydrogens is 476 g/mol. The number of hydrogen-bond donors (Lipinski definition) is 1. The van der Waals surface area contributed by atoms with Gasteiger partial charge in [0, 0.05) is 43.5 Å². The Balaban J connectivity index is 1.37. The normalized spacial score (nSPS) is 14.6. The van der Waals surface area contributed by atoms with Crippen molar-refractivity contribution in [3.8, 4) is 5.75 Å². The number of benzene rings is 2. The highest BCUT2D eigenvalue weighted by Gasteiger charge is 2.14. The molecule has 0 aliphatic carbocycles. The van der Waals surface area contributed by atoms with E-state index < -0.39 is 0 Å². The van der Waals surface area contributed by atoms with E-state index in [2.05, 4.69) is 50.5 Å². The molecule has 0 saturated carbocycles. The fourth-order valence-electron chi connectivity index (χ4n) is 4.50. The Hall–Kier alpha value is -4.07. The zero-order valence-corrected chi connectivity index (χ0v) is 21.6. The van der Waals surface area contributed by atoms with E-state index in [0.717, 1.165) is 42.3 Å². The number of nitrogens with zero attached hydrogens (tertiary/aromatic N) is 3. The molecule has 38 heavy (non-hydrogen) atoms. The zero-order chi connectivity index (χ0) is 26.2. The molecule has 0 radical (unpaired) electrons. The van der Waals surface area contributed by atoms with E-state index in [-0.39, 0.29) is 5.91 Å². The van der Waals surface area contributed by atoms with Crippen LogP contribution in [0.2, 0.25) is 0 Å². The van der Waals surface area contributed by atoms with Crippen LogP contribution in [0.5, 0.6) is 5.75 Å². The summed E-state index contributed by atoms with van der Waals surface area (Å²) in [5.74, 6) is 0.585. The molecule has 1 aliphatic heterocycles. The number of rotatable bonds is 4. The lowest BCUT2D eigenvalue weighted by Crippen LogP contribution is -2.28. The van der Waals surface area contributed by atoms with Gasteiger partial charge in [0.1, 0.15) is 12.4 Å². The Kier molecular flexibility index (Phi) is 8.38. The summed E-state index contributed by atoms with van der Waals surface area (Å²) in [5.41, 5.74) is 6.52. The minimum atomic E-state index is -0.180. The van der Waals surface area contributed by atoms with Gasteiger partial charge in [-0.1, -0.05) is 30.3 Å². The third-order valence-electron chi connectivity index (χ3n) is 6.43. The van der Waals surface area contributed by atoms with Crippen LogP contribution in [-0.2, 0) is 24.2 Å². The lowest BCUT2D eigenvalue weighted by atomic mass is 9.99. The van der Waals surface area contributed by atoms with E-state index in [4.69, 9.17) is 9.47 Å². The average Bonchev–Trinajstić information content (AvgIpc) is 2.93. The van der Waals surface area contributed by atoms with Crippen LogP contribution in [0.3, 0.4) is 0 Å². The maximum absolute atomic E-state index is 13.0. The highest BCUT2D eigenvalue weighted by Crippen LogP contribution is 2.25. The summed E-state index contributed by atoms with van der Waals surface area (Å²) in [6.07, 6.45) is 4.15. The first-order chi connectivity index (χ1) is 18.6. The van der Waals surface area contributed by atoms with Gasteiger partial charge in [-0.25, -0.2) is 0 Å². The van der Waals surface area contributed by atoms with Crippen LogP contribution in [0.1, 0.15) is 38.4 Å². The van der Waals surface area contributed by atoms with Crippen molar-refractivity contribution in [3.63, 3.8) is 0 Å². The molecule has 0 unspecified atom stereocenters. The lowest BCUT2D eigenvalue weighted by molar-refractivity contribution is 0.0754. The smallest absolute Gasteiger partial charge is 0.255 e. The Labute approximate surface area is 223 Å². The van der Waals surface area contributed by atoms with Crippen molar-refractivity contribution in [1.29, 1.82) is 0 Å². The molecule has 7 heteroatoms. The van der Waals surface area contributed by atoms with Crippen LogP contribution in [0.15, 0.2) is 85.2 Å². The number of carbonyl (C=O) groups excluding carboxylic acids is 1. The van der Waals surface area contributed by atoms with Crippen molar-refractivity contribution in [3.05, 3.63) is 119 Å².